The van der Waals surface area contributed by atoms with Crippen LogP contribution in [0.15, 0.2) is 11.6 Å². The van der Waals surface area contributed by atoms with Gasteiger partial charge in [0.15, 0.2) is 0 Å². The largest absolute Gasteiger partial charge is 0.394 e. The molecule has 138 valence electrons. The maximum atomic E-state index is 10.5. The van der Waals surface area contributed by atoms with Crippen LogP contribution in [-0.2, 0) is 0 Å². The smallest absolute Gasteiger partial charge is 0.0858 e. The van der Waals surface area contributed by atoms with Crippen molar-refractivity contribution in [3.05, 3.63) is 11.6 Å². The molecule has 0 aliphatic heterocycles. The highest BCUT2D eigenvalue weighted by Crippen LogP contribution is 2.63. The predicted molar refractivity (Wildman–Crippen MR) is 93.2 cm³/mol. The molecule has 2 saturated carbocycles. The van der Waals surface area contributed by atoms with Gasteiger partial charge in [0, 0.05) is 5.41 Å². The van der Waals surface area contributed by atoms with E-state index in [9.17, 15) is 20.4 Å². The van der Waals surface area contributed by atoms with E-state index >= 15 is 0 Å². The SMILES string of the molecule is CC1(C)[C@H]2CCC3=C[C@@](C)([C@H](O)CO)CC[C@H]3[C@]2(C)C[C@H](O)[C@@H]1O. The van der Waals surface area contributed by atoms with Crippen LogP contribution < -0.4 is 0 Å². The molecule has 0 bridgehead atoms. The zero-order valence-corrected chi connectivity index (χ0v) is 15.5. The summed E-state index contributed by atoms with van der Waals surface area (Å²) in [5.74, 6) is 0.786. The first-order chi connectivity index (χ1) is 11.1. The Balaban J connectivity index is 1.96. The molecular formula is C20H34O4. The van der Waals surface area contributed by atoms with Crippen LogP contribution in [0.2, 0.25) is 0 Å². The molecule has 0 aromatic rings. The van der Waals surface area contributed by atoms with Crippen LogP contribution in [0.4, 0.5) is 0 Å². The standard InChI is InChI=1S/C20H34O4/c1-18(2)15-6-5-12-9-19(3,16(23)11-21)8-7-13(12)20(15,4)10-14(22)17(18)24/h9,13-17,21-24H,5-8,10-11H2,1-4H3/t13-,14+,15-,16-,17+,19+,20+/m1/s1. The average Bonchev–Trinajstić information content (AvgIpc) is 2.51. The summed E-state index contributed by atoms with van der Waals surface area (Å²) in [6.45, 7) is 8.31. The van der Waals surface area contributed by atoms with Crippen molar-refractivity contribution in [3.8, 4) is 0 Å². The molecular weight excluding hydrogens is 304 g/mol. The van der Waals surface area contributed by atoms with Crippen LogP contribution in [-0.4, -0.2) is 45.3 Å². The van der Waals surface area contributed by atoms with Crippen LogP contribution in [0.3, 0.4) is 0 Å². The van der Waals surface area contributed by atoms with Crippen molar-refractivity contribution in [1.29, 1.82) is 0 Å². The molecule has 4 heteroatoms. The second-order valence-corrected chi connectivity index (χ2v) is 9.65. The van der Waals surface area contributed by atoms with Crippen LogP contribution in [0.5, 0.6) is 0 Å². The Morgan fingerprint density at radius 3 is 2.46 bits per heavy atom. The van der Waals surface area contributed by atoms with Crippen LogP contribution in [0.1, 0.15) is 59.8 Å². The van der Waals surface area contributed by atoms with Gasteiger partial charge in [0.25, 0.3) is 0 Å². The molecule has 0 amide bonds. The number of fused-ring (bicyclic) bond motifs is 3. The number of allylic oxidation sites excluding steroid dienone is 1. The van der Waals surface area contributed by atoms with Crippen LogP contribution in [0, 0.1) is 28.1 Å². The normalized spacial score (nSPS) is 48.9. The lowest BCUT2D eigenvalue weighted by Crippen LogP contribution is -2.60. The molecule has 2 fully saturated rings. The number of hydrogen-bond acceptors (Lipinski definition) is 4. The molecule has 0 radical (unpaired) electrons. The van der Waals surface area contributed by atoms with Gasteiger partial charge in [-0.3, -0.25) is 0 Å². The lowest BCUT2D eigenvalue weighted by molar-refractivity contribution is -0.182. The Kier molecular flexibility index (Phi) is 4.44. The Morgan fingerprint density at radius 1 is 1.17 bits per heavy atom. The van der Waals surface area contributed by atoms with Gasteiger partial charge in [0.05, 0.1) is 24.9 Å². The van der Waals surface area contributed by atoms with E-state index in [1.165, 1.54) is 5.57 Å². The third-order valence-corrected chi connectivity index (χ3v) is 7.86. The topological polar surface area (TPSA) is 80.9 Å². The van der Waals surface area contributed by atoms with Gasteiger partial charge in [-0.15, -0.1) is 0 Å². The molecule has 4 N–H and O–H groups in total. The lowest BCUT2D eigenvalue weighted by Gasteiger charge is -2.62. The molecule has 0 unspecified atom stereocenters. The summed E-state index contributed by atoms with van der Waals surface area (Å²) in [7, 11) is 0. The monoisotopic (exact) mass is 338 g/mol. The molecule has 0 spiro atoms. The quantitative estimate of drug-likeness (QED) is 0.582. The second-order valence-electron chi connectivity index (χ2n) is 9.65. The molecule has 7 atom stereocenters. The van der Waals surface area contributed by atoms with Gasteiger partial charge in [-0.25, -0.2) is 0 Å². The summed E-state index contributed by atoms with van der Waals surface area (Å²) in [6.07, 6.45) is 4.65. The summed E-state index contributed by atoms with van der Waals surface area (Å²) in [5, 5.41) is 40.6. The fourth-order valence-corrected chi connectivity index (χ4v) is 6.36. The second kappa shape index (κ2) is 5.80. The van der Waals surface area contributed by atoms with Gasteiger partial charge in [-0.05, 0) is 54.8 Å². The first-order valence-electron chi connectivity index (χ1n) is 9.43. The fourth-order valence-electron chi connectivity index (χ4n) is 6.36. The van der Waals surface area contributed by atoms with Gasteiger partial charge >= 0.3 is 0 Å². The maximum absolute atomic E-state index is 10.5. The van der Waals surface area contributed by atoms with Crippen molar-refractivity contribution in [1.82, 2.24) is 0 Å². The van der Waals surface area contributed by atoms with Crippen molar-refractivity contribution in [2.75, 3.05) is 6.61 Å². The minimum atomic E-state index is -0.716. The van der Waals surface area contributed by atoms with E-state index < -0.39 is 18.3 Å². The molecule has 0 aromatic heterocycles. The summed E-state index contributed by atoms with van der Waals surface area (Å²) < 4.78 is 0. The zero-order valence-electron chi connectivity index (χ0n) is 15.5. The van der Waals surface area contributed by atoms with E-state index in [4.69, 9.17) is 0 Å². The number of hydrogen-bond donors (Lipinski definition) is 4. The highest BCUT2D eigenvalue weighted by atomic mass is 16.3. The number of aliphatic hydroxyl groups is 4. The van der Waals surface area contributed by atoms with E-state index in [1.807, 2.05) is 6.92 Å². The molecule has 4 nitrogen and oxygen atoms in total. The van der Waals surface area contributed by atoms with E-state index in [0.717, 1.165) is 25.7 Å². The van der Waals surface area contributed by atoms with Gasteiger partial charge in [0.2, 0.25) is 0 Å². The van der Waals surface area contributed by atoms with E-state index in [0.29, 0.717) is 18.3 Å². The highest BCUT2D eigenvalue weighted by molar-refractivity contribution is 5.26. The first kappa shape index (κ1) is 18.4. The van der Waals surface area contributed by atoms with Crippen LogP contribution >= 0.6 is 0 Å². The summed E-state index contributed by atoms with van der Waals surface area (Å²) in [4.78, 5) is 0. The minimum absolute atomic E-state index is 0.0161. The van der Waals surface area contributed by atoms with Crippen molar-refractivity contribution >= 4 is 0 Å². The third-order valence-electron chi connectivity index (χ3n) is 7.86. The third kappa shape index (κ3) is 2.49. The molecule has 3 aliphatic rings. The molecule has 0 heterocycles. The highest BCUT2D eigenvalue weighted by Gasteiger charge is 2.59. The average molecular weight is 338 g/mol. The Hall–Kier alpha value is -0.420. The first-order valence-corrected chi connectivity index (χ1v) is 9.43. The lowest BCUT2D eigenvalue weighted by atomic mass is 9.44. The predicted octanol–water partition coefficient (Wildman–Crippen LogP) is 2.25. The molecule has 0 aromatic carbocycles. The van der Waals surface area contributed by atoms with Gasteiger partial charge in [0.1, 0.15) is 0 Å². The van der Waals surface area contributed by atoms with Gasteiger partial charge in [-0.2, -0.15) is 0 Å². The van der Waals surface area contributed by atoms with E-state index in [2.05, 4.69) is 26.8 Å². The van der Waals surface area contributed by atoms with Gasteiger partial charge in [-0.1, -0.05) is 39.3 Å². The molecule has 3 aliphatic carbocycles. The fraction of sp³-hybridized carbons (Fsp3) is 0.900. The summed E-state index contributed by atoms with van der Waals surface area (Å²) in [6, 6.07) is 0. The summed E-state index contributed by atoms with van der Waals surface area (Å²) >= 11 is 0. The summed E-state index contributed by atoms with van der Waals surface area (Å²) in [5.41, 5.74) is 0.724. The number of rotatable bonds is 2. The maximum Gasteiger partial charge on any atom is 0.0858 e. The zero-order chi connectivity index (χ0) is 17.9. The Morgan fingerprint density at radius 2 is 1.83 bits per heavy atom. The van der Waals surface area contributed by atoms with Crippen LogP contribution in [0.25, 0.3) is 0 Å². The Labute approximate surface area is 145 Å². The Bertz CT molecular complexity index is 528. The minimum Gasteiger partial charge on any atom is -0.394 e. The van der Waals surface area contributed by atoms with Crippen molar-refractivity contribution in [2.45, 2.75) is 78.1 Å². The van der Waals surface area contributed by atoms with Gasteiger partial charge < -0.3 is 20.4 Å². The van der Waals surface area contributed by atoms with Crippen molar-refractivity contribution < 1.29 is 20.4 Å². The molecule has 24 heavy (non-hydrogen) atoms. The van der Waals surface area contributed by atoms with Crippen molar-refractivity contribution in [3.63, 3.8) is 0 Å². The van der Waals surface area contributed by atoms with E-state index in [1.54, 1.807) is 0 Å². The van der Waals surface area contributed by atoms with E-state index in [-0.39, 0.29) is 22.9 Å². The molecule has 3 rings (SSSR count). The van der Waals surface area contributed by atoms with Crippen molar-refractivity contribution in [2.24, 2.45) is 28.1 Å². The molecule has 0 saturated heterocycles. The number of aliphatic hydroxyl groups excluding tert-OH is 4.